The maximum atomic E-state index is 2.49. The van der Waals surface area contributed by atoms with Crippen LogP contribution in [0.4, 0.5) is 0 Å². The fourth-order valence-corrected chi connectivity index (χ4v) is 6.71. The molecule has 0 saturated heterocycles. The second-order valence-electron chi connectivity index (χ2n) is 4.48. The van der Waals surface area contributed by atoms with E-state index in [1.807, 2.05) is 0 Å². The van der Waals surface area contributed by atoms with Gasteiger partial charge in [0.2, 0.25) is 0 Å². The van der Waals surface area contributed by atoms with Crippen LogP contribution in [0.2, 0.25) is 13.9 Å². The molecule has 0 amide bonds. The van der Waals surface area contributed by atoms with Crippen LogP contribution in [0.1, 0.15) is 20.3 Å². The molecule has 0 aliphatic heterocycles. The van der Waals surface area contributed by atoms with Gasteiger partial charge in [0.25, 0.3) is 0 Å². The summed E-state index contributed by atoms with van der Waals surface area (Å²) in [5, 5.41) is 0. The van der Waals surface area contributed by atoms with Crippen LogP contribution in [0.3, 0.4) is 0 Å². The van der Waals surface area contributed by atoms with Gasteiger partial charge in [0, 0.05) is 0 Å². The third kappa shape index (κ3) is 1.93. The molecule has 0 N–H and O–H groups in total. The van der Waals surface area contributed by atoms with Crippen molar-refractivity contribution in [3.05, 3.63) is 20.5 Å². The van der Waals surface area contributed by atoms with Gasteiger partial charge in [0.1, 0.15) is 0 Å². The van der Waals surface area contributed by atoms with Gasteiger partial charge in [-0.05, 0) is 0 Å². The van der Waals surface area contributed by atoms with Crippen LogP contribution in [-0.4, -0.2) is 0 Å². The third-order valence-electron chi connectivity index (χ3n) is 2.46. The van der Waals surface area contributed by atoms with Gasteiger partial charge in [0.05, 0.1) is 0 Å². The van der Waals surface area contributed by atoms with Gasteiger partial charge in [-0.15, -0.1) is 0 Å². The Morgan fingerprint density at radius 2 is 1.73 bits per heavy atom. The maximum absolute atomic E-state index is 2.49. The first-order chi connectivity index (χ1) is 4.93. The van der Waals surface area contributed by atoms with Crippen LogP contribution < -0.4 is 0 Å². The van der Waals surface area contributed by atoms with Crippen LogP contribution in [0.25, 0.3) is 0 Å². The second-order valence-corrected chi connectivity index (χ2v) is 16.9. The summed E-state index contributed by atoms with van der Waals surface area (Å²) in [5.41, 5.74) is 3.19. The minimum absolute atomic E-state index is 1.22. The zero-order chi connectivity index (χ0) is 8.65. The molecule has 0 aromatic rings. The predicted octanol–water partition coefficient (Wildman–Crippen LogP) is 3.91. The van der Waals surface area contributed by atoms with Crippen LogP contribution in [-0.2, 0) is 20.3 Å². The topological polar surface area (TPSA) is 0 Å². The standard InChI is InChI=1S/C7H9.3CH3.Zr/c1-6-4-3-5-7(6)2;;;;/h3H,4H2,1-2H3;3*1H3;. The van der Waals surface area contributed by atoms with E-state index < -0.39 is 20.3 Å². The van der Waals surface area contributed by atoms with E-state index in [9.17, 15) is 0 Å². The van der Waals surface area contributed by atoms with Crippen LogP contribution in [0.15, 0.2) is 20.5 Å². The summed E-state index contributed by atoms with van der Waals surface area (Å²) in [6, 6.07) is 0. The van der Waals surface area contributed by atoms with Gasteiger partial charge in [0.15, 0.2) is 0 Å². The van der Waals surface area contributed by atoms with E-state index in [2.05, 4.69) is 33.8 Å². The van der Waals surface area contributed by atoms with Crippen molar-refractivity contribution < 1.29 is 20.3 Å². The molecular weight excluding hydrogens is 211 g/mol. The first kappa shape index (κ1) is 9.45. The Balaban J connectivity index is 2.94. The number of rotatable bonds is 1. The fraction of sp³-hybridized carbons (Fsp3) is 0.600. The van der Waals surface area contributed by atoms with Gasteiger partial charge in [-0.3, -0.25) is 0 Å². The zero-order valence-electron chi connectivity index (χ0n) is 8.28. The van der Waals surface area contributed by atoms with Crippen molar-refractivity contribution in [2.24, 2.45) is 0 Å². The summed E-state index contributed by atoms with van der Waals surface area (Å²) in [6.07, 6.45) is 3.68. The Morgan fingerprint density at radius 1 is 1.18 bits per heavy atom. The van der Waals surface area contributed by atoms with Crippen molar-refractivity contribution in [3.8, 4) is 0 Å². The Hall–Kier alpha value is 0.363. The molecule has 0 nitrogen and oxygen atoms in total. The molecule has 11 heavy (non-hydrogen) atoms. The minimum atomic E-state index is -1.72. The average molecular weight is 229 g/mol. The molecule has 1 aliphatic rings. The summed E-state index contributed by atoms with van der Waals surface area (Å²) in [4.78, 5) is 0. The Morgan fingerprint density at radius 3 is 1.91 bits per heavy atom. The number of hydrogen-bond donors (Lipinski definition) is 0. The first-order valence-electron chi connectivity index (χ1n) is 4.30. The normalized spacial score (nSPS) is 19.2. The van der Waals surface area contributed by atoms with Gasteiger partial charge in [-0.1, -0.05) is 0 Å². The SMILES string of the molecule is CC1=C(C)[C]([Zr]([CH3])([CH3])[CH3])=CC1. The Kier molecular flexibility index (Phi) is 2.59. The van der Waals surface area contributed by atoms with Crippen LogP contribution >= 0.6 is 0 Å². The van der Waals surface area contributed by atoms with Crippen molar-refractivity contribution >= 4 is 0 Å². The Labute approximate surface area is 74.8 Å². The summed E-state index contributed by atoms with van der Waals surface area (Å²) < 4.78 is 9.21. The molecule has 0 radical (unpaired) electrons. The summed E-state index contributed by atoms with van der Waals surface area (Å²) >= 11 is -1.72. The molecule has 0 unspecified atom stereocenters. The molecule has 1 heteroatoms. The predicted molar refractivity (Wildman–Crippen MR) is 48.7 cm³/mol. The third-order valence-corrected chi connectivity index (χ3v) is 7.86. The number of hydrogen-bond acceptors (Lipinski definition) is 0. The first-order valence-corrected chi connectivity index (χ1v) is 12.9. The molecule has 0 heterocycles. The van der Waals surface area contributed by atoms with E-state index in [4.69, 9.17) is 0 Å². The summed E-state index contributed by atoms with van der Waals surface area (Å²) in [6.45, 7) is 4.55. The average Bonchev–Trinajstić information content (AvgIpc) is 2.11. The number of allylic oxidation sites excluding steroid dienone is 4. The molecule has 0 fully saturated rings. The van der Waals surface area contributed by atoms with Gasteiger partial charge < -0.3 is 0 Å². The molecule has 1 rings (SSSR count). The van der Waals surface area contributed by atoms with Gasteiger partial charge in [-0.25, -0.2) is 0 Å². The molecule has 0 spiro atoms. The van der Waals surface area contributed by atoms with E-state index in [1.54, 1.807) is 14.4 Å². The zero-order valence-corrected chi connectivity index (χ0v) is 10.7. The van der Waals surface area contributed by atoms with Crippen molar-refractivity contribution in [1.29, 1.82) is 0 Å². The molecule has 0 aromatic carbocycles. The molecule has 0 aromatic heterocycles. The van der Waals surface area contributed by atoms with Gasteiger partial charge >= 0.3 is 74.9 Å². The molecule has 0 atom stereocenters. The van der Waals surface area contributed by atoms with E-state index in [0.717, 1.165) is 0 Å². The quantitative estimate of drug-likeness (QED) is 0.639. The molecule has 62 valence electrons. The van der Waals surface area contributed by atoms with Crippen molar-refractivity contribution in [1.82, 2.24) is 0 Å². The van der Waals surface area contributed by atoms with E-state index in [1.165, 1.54) is 6.42 Å². The van der Waals surface area contributed by atoms with Crippen molar-refractivity contribution in [2.45, 2.75) is 34.2 Å². The summed E-state index contributed by atoms with van der Waals surface area (Å²) in [5.74, 6) is 0. The molecular formula is C10H18Zr. The Bertz CT molecular complexity index is 226. The molecule has 0 bridgehead atoms. The molecule has 1 aliphatic carbocycles. The van der Waals surface area contributed by atoms with Crippen molar-refractivity contribution in [3.63, 3.8) is 0 Å². The van der Waals surface area contributed by atoms with Gasteiger partial charge in [-0.2, -0.15) is 0 Å². The van der Waals surface area contributed by atoms with Crippen molar-refractivity contribution in [2.75, 3.05) is 0 Å². The monoisotopic (exact) mass is 228 g/mol. The second kappa shape index (κ2) is 3.01. The van der Waals surface area contributed by atoms with E-state index in [0.29, 0.717) is 0 Å². The fourth-order valence-electron chi connectivity index (χ4n) is 1.66. The molecule has 0 saturated carbocycles. The summed E-state index contributed by atoms with van der Waals surface area (Å²) in [7, 11) is 0. The van der Waals surface area contributed by atoms with Crippen LogP contribution in [0.5, 0.6) is 0 Å². The van der Waals surface area contributed by atoms with E-state index in [-0.39, 0.29) is 0 Å². The van der Waals surface area contributed by atoms with E-state index >= 15 is 0 Å². The van der Waals surface area contributed by atoms with Crippen LogP contribution in [0, 0.1) is 0 Å².